The summed E-state index contributed by atoms with van der Waals surface area (Å²) in [5, 5.41) is 4.00. The largest absolute Gasteiger partial charge is 0.406 e. The first-order valence-electron chi connectivity index (χ1n) is 7.26. The fraction of sp³-hybridized carbons (Fsp3) is 0.643. The second-order valence-electron chi connectivity index (χ2n) is 5.71. The highest BCUT2D eigenvalue weighted by molar-refractivity contribution is 5.89. The van der Waals surface area contributed by atoms with Crippen molar-refractivity contribution in [1.29, 1.82) is 0 Å². The molecule has 1 fully saturated rings. The van der Waals surface area contributed by atoms with Crippen molar-refractivity contribution < 1.29 is 22.8 Å². The Morgan fingerprint density at radius 1 is 1.48 bits per heavy atom. The number of nitrogens with zero attached hydrogens (tertiary/aromatic N) is 4. The van der Waals surface area contributed by atoms with Crippen LogP contribution in [-0.2, 0) is 23.1 Å². The summed E-state index contributed by atoms with van der Waals surface area (Å²) >= 11 is 0. The lowest BCUT2D eigenvalue weighted by atomic mass is 10.1. The molecule has 1 aliphatic rings. The maximum Gasteiger partial charge on any atom is 0.406 e. The summed E-state index contributed by atoms with van der Waals surface area (Å²) < 4.78 is 38.8. The molecule has 9 heteroatoms. The van der Waals surface area contributed by atoms with Crippen LogP contribution < -0.4 is 0 Å². The maximum absolute atomic E-state index is 12.4. The van der Waals surface area contributed by atoms with Crippen molar-refractivity contribution in [3.63, 3.8) is 0 Å². The molecule has 1 aromatic heterocycles. The molecule has 128 valence electrons. The van der Waals surface area contributed by atoms with Gasteiger partial charge in [-0.05, 0) is 18.4 Å². The van der Waals surface area contributed by atoms with Gasteiger partial charge in [0, 0.05) is 33.3 Å². The normalized spacial score (nSPS) is 18.6. The molecule has 0 unspecified atom stereocenters. The predicted octanol–water partition coefficient (Wildman–Crippen LogP) is 0.974. The van der Waals surface area contributed by atoms with Crippen molar-refractivity contribution in [3.05, 3.63) is 18.0 Å². The second-order valence-corrected chi connectivity index (χ2v) is 5.71. The first kappa shape index (κ1) is 17.3. The molecular weight excluding hydrogens is 313 g/mol. The maximum atomic E-state index is 12.4. The van der Waals surface area contributed by atoms with Gasteiger partial charge in [-0.1, -0.05) is 0 Å². The quantitative estimate of drug-likeness (QED) is 0.807. The molecule has 1 atom stereocenters. The lowest BCUT2D eigenvalue weighted by Crippen LogP contribution is -2.44. The summed E-state index contributed by atoms with van der Waals surface area (Å²) in [7, 11) is 3.23. The lowest BCUT2D eigenvalue weighted by Gasteiger charge is -2.24. The van der Waals surface area contributed by atoms with Crippen molar-refractivity contribution in [2.75, 3.05) is 20.1 Å². The zero-order valence-corrected chi connectivity index (χ0v) is 13.0. The average molecular weight is 332 g/mol. The van der Waals surface area contributed by atoms with Crippen molar-refractivity contribution in [2.45, 2.75) is 31.5 Å². The minimum Gasteiger partial charge on any atom is -0.334 e. The number of hydrogen-bond acceptors (Lipinski definition) is 3. The van der Waals surface area contributed by atoms with Gasteiger partial charge in [-0.25, -0.2) is 0 Å². The molecule has 2 heterocycles. The Labute approximate surface area is 131 Å². The van der Waals surface area contributed by atoms with E-state index in [1.165, 1.54) is 11.9 Å². The van der Waals surface area contributed by atoms with Crippen LogP contribution in [-0.4, -0.2) is 63.7 Å². The smallest absolute Gasteiger partial charge is 0.334 e. The number of carbonyl (C=O) groups is 2. The van der Waals surface area contributed by atoms with Gasteiger partial charge in [0.1, 0.15) is 12.6 Å². The van der Waals surface area contributed by atoms with Gasteiger partial charge in [0.15, 0.2) is 0 Å². The molecule has 1 aromatic rings. The van der Waals surface area contributed by atoms with Crippen LogP contribution in [0.2, 0.25) is 0 Å². The third kappa shape index (κ3) is 4.46. The lowest BCUT2D eigenvalue weighted by molar-refractivity contribution is -0.159. The van der Waals surface area contributed by atoms with E-state index in [2.05, 4.69) is 5.10 Å². The van der Waals surface area contributed by atoms with Gasteiger partial charge >= 0.3 is 6.18 Å². The third-order valence-electron chi connectivity index (χ3n) is 3.89. The molecule has 0 N–H and O–H groups in total. The molecule has 0 aliphatic carbocycles. The van der Waals surface area contributed by atoms with E-state index in [1.54, 1.807) is 24.1 Å². The van der Waals surface area contributed by atoms with Crippen LogP contribution in [0.25, 0.3) is 0 Å². The van der Waals surface area contributed by atoms with E-state index in [4.69, 9.17) is 0 Å². The molecule has 0 saturated carbocycles. The monoisotopic (exact) mass is 332 g/mol. The average Bonchev–Trinajstić information content (AvgIpc) is 3.01. The minimum atomic E-state index is -4.42. The minimum absolute atomic E-state index is 0.0171. The molecule has 2 rings (SSSR count). The van der Waals surface area contributed by atoms with Gasteiger partial charge in [0.25, 0.3) is 0 Å². The fourth-order valence-corrected chi connectivity index (χ4v) is 2.66. The van der Waals surface area contributed by atoms with E-state index in [-0.39, 0.29) is 25.3 Å². The Kier molecular flexibility index (Phi) is 4.96. The molecule has 0 spiro atoms. The Bertz CT molecular complexity index is 585. The Morgan fingerprint density at radius 2 is 2.17 bits per heavy atom. The standard InChI is InChI=1S/C14H19F3N4O2/c1-19-8-10(7-18-19)3-4-12(22)20(2)11-5-6-21(13(11)23)9-14(15,16)17/h7-8,11H,3-6,9H2,1-2H3/t11-/m0/s1. The van der Waals surface area contributed by atoms with Crippen molar-refractivity contribution >= 4 is 11.8 Å². The number of amides is 2. The fourth-order valence-electron chi connectivity index (χ4n) is 2.66. The molecule has 2 amide bonds. The van der Waals surface area contributed by atoms with Gasteiger partial charge in [0.05, 0.1) is 6.20 Å². The molecular formula is C14H19F3N4O2. The van der Waals surface area contributed by atoms with Gasteiger partial charge < -0.3 is 9.80 Å². The molecule has 23 heavy (non-hydrogen) atoms. The number of likely N-dealkylation sites (N-methyl/N-ethyl adjacent to an activating group) is 1. The van der Waals surface area contributed by atoms with E-state index in [1.807, 2.05) is 0 Å². The SMILES string of the molecule is CN(C(=O)CCc1cnn(C)c1)[C@H]1CCN(CC(F)(F)F)C1=O. The van der Waals surface area contributed by atoms with Crippen LogP contribution in [0.15, 0.2) is 12.4 Å². The van der Waals surface area contributed by atoms with Crippen LogP contribution in [0.4, 0.5) is 13.2 Å². The first-order chi connectivity index (χ1) is 10.7. The van der Waals surface area contributed by atoms with E-state index < -0.39 is 24.7 Å². The highest BCUT2D eigenvalue weighted by Crippen LogP contribution is 2.23. The Hall–Kier alpha value is -2.06. The van der Waals surface area contributed by atoms with Gasteiger partial charge in [-0.2, -0.15) is 18.3 Å². The summed E-state index contributed by atoms with van der Waals surface area (Å²) in [5.74, 6) is -0.902. The zero-order valence-electron chi connectivity index (χ0n) is 13.0. The van der Waals surface area contributed by atoms with Crippen molar-refractivity contribution in [1.82, 2.24) is 19.6 Å². The number of carbonyl (C=O) groups excluding carboxylic acids is 2. The summed E-state index contributed by atoms with van der Waals surface area (Å²) in [6.07, 6.45) is -0.0922. The highest BCUT2D eigenvalue weighted by atomic mass is 19.4. The summed E-state index contributed by atoms with van der Waals surface area (Å²) in [5.41, 5.74) is 0.894. The number of aryl methyl sites for hydroxylation is 2. The van der Waals surface area contributed by atoms with Gasteiger partial charge in [-0.3, -0.25) is 14.3 Å². The Balaban J connectivity index is 1.88. The molecule has 0 aromatic carbocycles. The van der Waals surface area contributed by atoms with Crippen LogP contribution in [0.5, 0.6) is 0 Å². The van der Waals surface area contributed by atoms with Gasteiger partial charge in [0.2, 0.25) is 11.8 Å². The van der Waals surface area contributed by atoms with Gasteiger partial charge in [-0.15, -0.1) is 0 Å². The highest BCUT2D eigenvalue weighted by Gasteiger charge is 2.41. The molecule has 6 nitrogen and oxygen atoms in total. The summed E-state index contributed by atoms with van der Waals surface area (Å²) in [6, 6.07) is -0.807. The number of halogens is 3. The molecule has 1 saturated heterocycles. The summed E-state index contributed by atoms with van der Waals surface area (Å²) in [4.78, 5) is 26.2. The number of hydrogen-bond donors (Lipinski definition) is 0. The zero-order chi connectivity index (χ0) is 17.2. The van der Waals surface area contributed by atoms with Crippen LogP contribution in [0.1, 0.15) is 18.4 Å². The first-order valence-corrected chi connectivity index (χ1v) is 7.26. The van der Waals surface area contributed by atoms with Crippen LogP contribution in [0, 0.1) is 0 Å². The second kappa shape index (κ2) is 6.59. The van der Waals surface area contributed by atoms with Crippen molar-refractivity contribution in [3.8, 4) is 0 Å². The van der Waals surface area contributed by atoms with E-state index in [0.717, 1.165) is 10.5 Å². The molecule has 0 radical (unpaired) electrons. The number of likely N-dealkylation sites (tertiary alicyclic amines) is 1. The van der Waals surface area contributed by atoms with E-state index in [9.17, 15) is 22.8 Å². The third-order valence-corrected chi connectivity index (χ3v) is 3.89. The van der Waals surface area contributed by atoms with Crippen LogP contribution in [0.3, 0.4) is 0 Å². The Morgan fingerprint density at radius 3 is 2.74 bits per heavy atom. The number of alkyl halides is 3. The summed E-state index contributed by atoms with van der Waals surface area (Å²) in [6.45, 7) is -1.25. The number of aromatic nitrogens is 2. The number of rotatable bonds is 5. The topological polar surface area (TPSA) is 58.4 Å². The predicted molar refractivity (Wildman–Crippen MR) is 75.3 cm³/mol. The van der Waals surface area contributed by atoms with E-state index in [0.29, 0.717) is 6.42 Å². The molecule has 0 bridgehead atoms. The van der Waals surface area contributed by atoms with E-state index >= 15 is 0 Å². The van der Waals surface area contributed by atoms with Crippen LogP contribution >= 0.6 is 0 Å². The molecule has 1 aliphatic heterocycles. The van der Waals surface area contributed by atoms with Crippen molar-refractivity contribution in [2.24, 2.45) is 7.05 Å².